The van der Waals surface area contributed by atoms with Crippen LogP contribution in [0.4, 0.5) is 0 Å². The molecule has 2 N–H and O–H groups in total. The molecule has 2 rings (SSSR count). The predicted molar refractivity (Wildman–Crippen MR) is 93.1 cm³/mol. The zero-order chi connectivity index (χ0) is 17.0. The van der Waals surface area contributed by atoms with Crippen LogP contribution in [-0.2, 0) is 11.3 Å². The molecule has 0 spiro atoms. The van der Waals surface area contributed by atoms with Gasteiger partial charge in [0.2, 0.25) is 5.91 Å². The maximum Gasteiger partial charge on any atom is 0.237 e. The summed E-state index contributed by atoms with van der Waals surface area (Å²) in [5.74, 6) is 1.49. The van der Waals surface area contributed by atoms with E-state index in [1.54, 1.807) is 12.1 Å². The number of rotatable bonds is 6. The summed E-state index contributed by atoms with van der Waals surface area (Å²) in [6, 6.07) is 7.46. The molecule has 1 heterocycles. The van der Waals surface area contributed by atoms with Gasteiger partial charge in [-0.2, -0.15) is 0 Å². The van der Waals surface area contributed by atoms with Crippen LogP contribution in [0.15, 0.2) is 24.3 Å². The summed E-state index contributed by atoms with van der Waals surface area (Å²) >= 11 is 0. The second-order valence-electron chi connectivity index (χ2n) is 7.58. The van der Waals surface area contributed by atoms with Crippen molar-refractivity contribution in [3.63, 3.8) is 0 Å². The number of hydrogen-bond donors (Lipinski definition) is 2. The molecular formula is C19H30N2O2. The van der Waals surface area contributed by atoms with Crippen LogP contribution in [-0.4, -0.2) is 34.5 Å². The van der Waals surface area contributed by atoms with E-state index in [0.29, 0.717) is 11.8 Å². The first-order chi connectivity index (χ1) is 10.8. The molecule has 0 aliphatic carbocycles. The van der Waals surface area contributed by atoms with E-state index in [9.17, 15) is 9.90 Å². The Morgan fingerprint density at radius 2 is 1.74 bits per heavy atom. The number of phenols is 1. The predicted octanol–water partition coefficient (Wildman–Crippen LogP) is 3.15. The first kappa shape index (κ1) is 17.8. The zero-order valence-electron chi connectivity index (χ0n) is 14.7. The topological polar surface area (TPSA) is 52.6 Å². The van der Waals surface area contributed by atoms with Crippen LogP contribution in [0.25, 0.3) is 0 Å². The van der Waals surface area contributed by atoms with Crippen molar-refractivity contribution in [1.29, 1.82) is 0 Å². The van der Waals surface area contributed by atoms with E-state index in [4.69, 9.17) is 0 Å². The highest BCUT2D eigenvalue weighted by Crippen LogP contribution is 2.22. The molecule has 1 aromatic rings. The van der Waals surface area contributed by atoms with E-state index in [-0.39, 0.29) is 23.7 Å². The third-order valence-electron chi connectivity index (χ3n) is 4.32. The Morgan fingerprint density at radius 3 is 2.30 bits per heavy atom. The van der Waals surface area contributed by atoms with E-state index in [1.807, 2.05) is 12.1 Å². The Bertz CT molecular complexity index is 511. The number of carbonyl (C=O) groups excluding carboxylic acids is 1. The maximum atomic E-state index is 12.6. The number of phenolic OH excluding ortho intramolecular Hbond substituents is 1. The summed E-state index contributed by atoms with van der Waals surface area (Å²) in [7, 11) is 0. The molecule has 0 aromatic heterocycles. The lowest BCUT2D eigenvalue weighted by atomic mass is 9.94. The van der Waals surface area contributed by atoms with Crippen LogP contribution in [0, 0.1) is 11.8 Å². The second kappa shape index (κ2) is 7.82. The van der Waals surface area contributed by atoms with Gasteiger partial charge in [0.05, 0.1) is 6.04 Å². The van der Waals surface area contributed by atoms with Crippen LogP contribution in [0.5, 0.6) is 5.75 Å². The molecule has 0 saturated carbocycles. The van der Waals surface area contributed by atoms with Crippen molar-refractivity contribution >= 4 is 5.91 Å². The molecule has 4 heteroatoms. The Hall–Kier alpha value is -1.55. The van der Waals surface area contributed by atoms with Gasteiger partial charge >= 0.3 is 0 Å². The Kier molecular flexibility index (Phi) is 6.05. The molecule has 1 amide bonds. The number of piperazine rings is 1. The Labute approximate surface area is 139 Å². The average molecular weight is 318 g/mol. The largest absolute Gasteiger partial charge is 0.508 e. The van der Waals surface area contributed by atoms with Crippen molar-refractivity contribution < 1.29 is 9.90 Å². The van der Waals surface area contributed by atoms with Crippen LogP contribution in [0.3, 0.4) is 0 Å². The van der Waals surface area contributed by atoms with Gasteiger partial charge in [-0.15, -0.1) is 0 Å². The fraction of sp³-hybridized carbons (Fsp3) is 0.632. The van der Waals surface area contributed by atoms with Gasteiger partial charge in [0.15, 0.2) is 0 Å². The lowest BCUT2D eigenvalue weighted by Crippen LogP contribution is -2.60. The number of aromatic hydroxyl groups is 1. The zero-order valence-corrected chi connectivity index (χ0v) is 14.7. The van der Waals surface area contributed by atoms with Crippen molar-refractivity contribution in [3.8, 4) is 5.75 Å². The number of benzene rings is 1. The van der Waals surface area contributed by atoms with Gasteiger partial charge in [0, 0.05) is 19.1 Å². The van der Waals surface area contributed by atoms with E-state index in [1.165, 1.54) is 0 Å². The number of nitrogens with one attached hydrogen (secondary N) is 1. The summed E-state index contributed by atoms with van der Waals surface area (Å²) in [6.07, 6.45) is 1.88. The summed E-state index contributed by atoms with van der Waals surface area (Å²) in [5, 5.41) is 12.6. The molecule has 1 fully saturated rings. The average Bonchev–Trinajstić information content (AvgIpc) is 2.44. The van der Waals surface area contributed by atoms with Crippen LogP contribution in [0.1, 0.15) is 46.1 Å². The highest BCUT2D eigenvalue weighted by atomic mass is 16.3. The summed E-state index contributed by atoms with van der Waals surface area (Å²) in [6.45, 7) is 10.3. The lowest BCUT2D eigenvalue weighted by molar-refractivity contribution is -0.132. The Balaban J connectivity index is 2.13. The molecular weight excluding hydrogens is 288 g/mol. The highest BCUT2D eigenvalue weighted by Gasteiger charge is 2.34. The maximum absolute atomic E-state index is 12.6. The van der Waals surface area contributed by atoms with E-state index >= 15 is 0 Å². The minimum absolute atomic E-state index is 0.0628. The van der Waals surface area contributed by atoms with E-state index in [0.717, 1.165) is 31.5 Å². The third kappa shape index (κ3) is 5.24. The van der Waals surface area contributed by atoms with E-state index in [2.05, 4.69) is 37.9 Å². The van der Waals surface area contributed by atoms with Gasteiger partial charge in [0.25, 0.3) is 0 Å². The first-order valence-corrected chi connectivity index (χ1v) is 8.67. The van der Waals surface area contributed by atoms with Crippen LogP contribution >= 0.6 is 0 Å². The van der Waals surface area contributed by atoms with Crippen molar-refractivity contribution in [1.82, 2.24) is 10.2 Å². The fourth-order valence-corrected chi connectivity index (χ4v) is 3.33. The molecule has 1 saturated heterocycles. The molecule has 0 bridgehead atoms. The molecule has 2 atom stereocenters. The van der Waals surface area contributed by atoms with Gasteiger partial charge < -0.3 is 10.4 Å². The summed E-state index contributed by atoms with van der Waals surface area (Å²) in [5.41, 5.74) is 1.13. The Morgan fingerprint density at radius 1 is 1.13 bits per heavy atom. The van der Waals surface area contributed by atoms with Crippen LogP contribution in [0.2, 0.25) is 0 Å². The van der Waals surface area contributed by atoms with Crippen molar-refractivity contribution in [3.05, 3.63) is 29.8 Å². The van der Waals surface area contributed by atoms with Gasteiger partial charge in [-0.25, -0.2) is 0 Å². The molecule has 4 nitrogen and oxygen atoms in total. The normalized spacial score (nSPS) is 22.6. The summed E-state index contributed by atoms with van der Waals surface area (Å²) in [4.78, 5) is 14.9. The van der Waals surface area contributed by atoms with Gasteiger partial charge in [-0.05, 0) is 42.4 Å². The highest BCUT2D eigenvalue weighted by molar-refractivity contribution is 5.82. The molecule has 1 aromatic carbocycles. The molecule has 1 aliphatic heterocycles. The third-order valence-corrected chi connectivity index (χ3v) is 4.32. The summed E-state index contributed by atoms with van der Waals surface area (Å²) < 4.78 is 0. The van der Waals surface area contributed by atoms with Gasteiger partial charge in [-0.1, -0.05) is 39.8 Å². The minimum Gasteiger partial charge on any atom is -0.508 e. The van der Waals surface area contributed by atoms with Crippen LogP contribution < -0.4 is 5.32 Å². The van der Waals surface area contributed by atoms with Crippen molar-refractivity contribution in [2.75, 3.05) is 6.54 Å². The minimum atomic E-state index is -0.0628. The molecule has 1 aliphatic rings. The number of hydrogen-bond acceptors (Lipinski definition) is 3. The number of nitrogens with zero attached hydrogens (tertiary/aromatic N) is 1. The number of carbonyl (C=O) groups is 1. The molecule has 128 valence electrons. The lowest BCUT2D eigenvalue weighted by Gasteiger charge is -2.40. The molecule has 0 unspecified atom stereocenters. The molecule has 0 radical (unpaired) electrons. The second-order valence-corrected chi connectivity index (χ2v) is 7.58. The van der Waals surface area contributed by atoms with Crippen molar-refractivity contribution in [2.45, 2.75) is 59.2 Å². The quantitative estimate of drug-likeness (QED) is 0.847. The first-order valence-electron chi connectivity index (χ1n) is 8.67. The number of amides is 1. The molecule has 23 heavy (non-hydrogen) atoms. The van der Waals surface area contributed by atoms with Crippen molar-refractivity contribution in [2.24, 2.45) is 11.8 Å². The monoisotopic (exact) mass is 318 g/mol. The fourth-order valence-electron chi connectivity index (χ4n) is 3.33. The van der Waals surface area contributed by atoms with E-state index < -0.39 is 0 Å². The smallest absolute Gasteiger partial charge is 0.237 e. The van der Waals surface area contributed by atoms with Gasteiger partial charge in [-0.3, -0.25) is 9.69 Å². The standard InChI is InChI=1S/C19H30N2O2/c1-13(2)9-16-12-21(11-15-5-7-17(22)8-6-15)18(10-14(3)4)19(23)20-16/h5-8,13-14,16,18,22H,9-12H2,1-4H3,(H,20,23)/t16-,18-/m0/s1. The van der Waals surface area contributed by atoms with Gasteiger partial charge in [0.1, 0.15) is 5.75 Å². The SMILES string of the molecule is CC(C)C[C@H]1CN(Cc2ccc(O)cc2)[C@@H](CC(C)C)C(=O)N1.